The minimum atomic E-state index is -1.10. The van der Waals surface area contributed by atoms with Gasteiger partial charge in [-0.2, -0.15) is 0 Å². The Labute approximate surface area is 121 Å². The molecular formula is C11H11BrN2O4S. The quantitative estimate of drug-likeness (QED) is 0.639. The van der Waals surface area contributed by atoms with Crippen molar-refractivity contribution in [3.05, 3.63) is 26.9 Å². The number of amides is 3. The van der Waals surface area contributed by atoms with Crippen LogP contribution in [0.3, 0.4) is 0 Å². The Morgan fingerprint density at radius 1 is 1.47 bits per heavy atom. The van der Waals surface area contributed by atoms with E-state index in [1.54, 1.807) is 6.08 Å². The highest BCUT2D eigenvalue weighted by atomic mass is 79.9. The standard InChI is InChI=1S/C11H11BrN2O4S/c1-6(10(16)14-11(13)17)18-9(15)5-3-7-2-4-8(12)19-7/h2-6H,1H3,(H3,13,14,16,17)/b5-3+/t6-/m0/s1. The Hall–Kier alpha value is -1.67. The molecule has 0 aliphatic rings. The van der Waals surface area contributed by atoms with E-state index in [4.69, 9.17) is 10.5 Å². The van der Waals surface area contributed by atoms with E-state index in [0.717, 1.165) is 8.66 Å². The molecule has 0 unspecified atom stereocenters. The van der Waals surface area contributed by atoms with E-state index in [2.05, 4.69) is 15.9 Å². The first-order valence-corrected chi connectivity index (χ1v) is 6.73. The monoisotopic (exact) mass is 346 g/mol. The van der Waals surface area contributed by atoms with Crippen molar-refractivity contribution in [2.45, 2.75) is 13.0 Å². The molecule has 1 heterocycles. The predicted molar refractivity (Wildman–Crippen MR) is 74.3 cm³/mol. The first-order valence-electron chi connectivity index (χ1n) is 5.13. The fraction of sp³-hybridized carbons (Fsp3) is 0.182. The molecule has 3 N–H and O–H groups in total. The lowest BCUT2D eigenvalue weighted by Crippen LogP contribution is -2.42. The molecule has 8 heteroatoms. The van der Waals surface area contributed by atoms with Crippen LogP contribution in [0.1, 0.15) is 11.8 Å². The number of hydrogen-bond acceptors (Lipinski definition) is 5. The van der Waals surface area contributed by atoms with Gasteiger partial charge in [-0.15, -0.1) is 11.3 Å². The van der Waals surface area contributed by atoms with Crippen LogP contribution in [0.5, 0.6) is 0 Å². The number of rotatable bonds is 4. The number of urea groups is 1. The zero-order valence-electron chi connectivity index (χ0n) is 9.88. The number of imide groups is 1. The molecule has 0 aliphatic carbocycles. The van der Waals surface area contributed by atoms with Crippen LogP contribution in [0.4, 0.5) is 4.79 Å². The second-order valence-electron chi connectivity index (χ2n) is 3.41. The molecule has 0 aliphatic heterocycles. The summed E-state index contributed by atoms with van der Waals surface area (Å²) >= 11 is 4.74. The van der Waals surface area contributed by atoms with Crippen molar-refractivity contribution in [3.63, 3.8) is 0 Å². The molecule has 1 rings (SSSR count). The number of ether oxygens (including phenoxy) is 1. The molecule has 1 atom stereocenters. The van der Waals surface area contributed by atoms with Crippen molar-refractivity contribution >= 4 is 51.3 Å². The second kappa shape index (κ2) is 7.05. The summed E-state index contributed by atoms with van der Waals surface area (Å²) in [6.45, 7) is 1.34. The number of carbonyl (C=O) groups excluding carboxylic acids is 3. The molecular weight excluding hydrogens is 336 g/mol. The van der Waals surface area contributed by atoms with E-state index < -0.39 is 24.0 Å². The maximum Gasteiger partial charge on any atom is 0.331 e. The number of halogens is 1. The number of nitrogens with two attached hydrogens (primary N) is 1. The highest BCUT2D eigenvalue weighted by molar-refractivity contribution is 9.11. The van der Waals surface area contributed by atoms with E-state index >= 15 is 0 Å². The summed E-state index contributed by atoms with van der Waals surface area (Å²) in [5, 5.41) is 1.82. The van der Waals surface area contributed by atoms with Gasteiger partial charge in [-0.3, -0.25) is 10.1 Å². The highest BCUT2D eigenvalue weighted by Crippen LogP contribution is 2.22. The molecule has 0 radical (unpaired) electrons. The second-order valence-corrected chi connectivity index (χ2v) is 5.90. The van der Waals surface area contributed by atoms with Crippen LogP contribution in [-0.4, -0.2) is 24.0 Å². The number of esters is 1. The van der Waals surface area contributed by atoms with Gasteiger partial charge in [0, 0.05) is 11.0 Å². The Morgan fingerprint density at radius 2 is 2.16 bits per heavy atom. The van der Waals surface area contributed by atoms with Gasteiger partial charge in [0.15, 0.2) is 6.10 Å². The van der Waals surface area contributed by atoms with Gasteiger partial charge < -0.3 is 10.5 Å². The summed E-state index contributed by atoms with van der Waals surface area (Å²) in [5.41, 5.74) is 4.77. The Balaban J connectivity index is 2.48. The predicted octanol–water partition coefficient (Wildman–Crippen LogP) is 1.65. The van der Waals surface area contributed by atoms with Gasteiger partial charge in [0.2, 0.25) is 0 Å². The van der Waals surface area contributed by atoms with E-state index in [1.807, 2.05) is 17.4 Å². The fourth-order valence-electron chi connectivity index (χ4n) is 1.06. The van der Waals surface area contributed by atoms with E-state index in [1.165, 1.54) is 24.3 Å². The molecule has 3 amide bonds. The average molecular weight is 347 g/mol. The van der Waals surface area contributed by atoms with Gasteiger partial charge in [-0.05, 0) is 41.1 Å². The largest absolute Gasteiger partial charge is 0.449 e. The van der Waals surface area contributed by atoms with Crippen LogP contribution in [0.2, 0.25) is 0 Å². The summed E-state index contributed by atoms with van der Waals surface area (Å²) in [5.74, 6) is -1.45. The fourth-order valence-corrected chi connectivity index (χ4v) is 2.38. The molecule has 0 fully saturated rings. The number of hydrogen-bond donors (Lipinski definition) is 2. The molecule has 1 aromatic heterocycles. The smallest absolute Gasteiger partial charge is 0.331 e. The molecule has 0 saturated carbocycles. The molecule has 0 aromatic carbocycles. The Kier molecular flexibility index (Phi) is 5.71. The number of primary amides is 1. The third kappa shape index (κ3) is 5.66. The van der Waals surface area contributed by atoms with Gasteiger partial charge in [0.25, 0.3) is 5.91 Å². The molecule has 0 saturated heterocycles. The minimum absolute atomic E-state index is 0.684. The van der Waals surface area contributed by atoms with Crippen molar-refractivity contribution in [1.29, 1.82) is 0 Å². The molecule has 0 bridgehead atoms. The van der Waals surface area contributed by atoms with Gasteiger partial charge in [0.1, 0.15) is 0 Å². The minimum Gasteiger partial charge on any atom is -0.449 e. The van der Waals surface area contributed by atoms with Crippen LogP contribution >= 0.6 is 27.3 Å². The molecule has 6 nitrogen and oxygen atoms in total. The number of carbonyl (C=O) groups is 3. The van der Waals surface area contributed by atoms with E-state index in [-0.39, 0.29) is 0 Å². The summed E-state index contributed by atoms with van der Waals surface area (Å²) in [6.07, 6.45) is 1.67. The van der Waals surface area contributed by atoms with Crippen molar-refractivity contribution < 1.29 is 19.1 Å². The zero-order valence-corrected chi connectivity index (χ0v) is 12.3. The molecule has 0 spiro atoms. The maximum atomic E-state index is 11.4. The van der Waals surface area contributed by atoms with Crippen LogP contribution in [-0.2, 0) is 14.3 Å². The summed E-state index contributed by atoms with van der Waals surface area (Å²) in [6, 6.07) is 2.67. The SMILES string of the molecule is C[C@H](OC(=O)/C=C/c1ccc(Br)s1)C(=O)NC(N)=O. The average Bonchev–Trinajstić information content (AvgIpc) is 2.71. The summed E-state index contributed by atoms with van der Waals surface area (Å²) < 4.78 is 5.73. The summed E-state index contributed by atoms with van der Waals surface area (Å²) in [7, 11) is 0. The Morgan fingerprint density at radius 3 is 2.68 bits per heavy atom. The highest BCUT2D eigenvalue weighted by Gasteiger charge is 2.17. The molecule has 102 valence electrons. The normalized spacial score (nSPS) is 12.1. The van der Waals surface area contributed by atoms with Crippen molar-refractivity contribution in [3.8, 4) is 0 Å². The van der Waals surface area contributed by atoms with Crippen LogP contribution in [0, 0.1) is 0 Å². The van der Waals surface area contributed by atoms with Crippen molar-refractivity contribution in [1.82, 2.24) is 5.32 Å². The topological polar surface area (TPSA) is 98.5 Å². The maximum absolute atomic E-state index is 11.4. The van der Waals surface area contributed by atoms with Gasteiger partial charge >= 0.3 is 12.0 Å². The first kappa shape index (κ1) is 15.4. The van der Waals surface area contributed by atoms with E-state index in [9.17, 15) is 14.4 Å². The Bertz CT molecular complexity index is 527. The van der Waals surface area contributed by atoms with Crippen LogP contribution in [0.15, 0.2) is 22.0 Å². The molecule has 19 heavy (non-hydrogen) atoms. The number of nitrogens with one attached hydrogen (secondary N) is 1. The first-order chi connectivity index (χ1) is 8.88. The van der Waals surface area contributed by atoms with Crippen LogP contribution < -0.4 is 11.1 Å². The summed E-state index contributed by atoms with van der Waals surface area (Å²) in [4.78, 5) is 34.0. The lowest BCUT2D eigenvalue weighted by Gasteiger charge is -2.09. The zero-order chi connectivity index (χ0) is 14.4. The number of thiophene rings is 1. The third-order valence-electron chi connectivity index (χ3n) is 1.89. The molecule has 1 aromatic rings. The van der Waals surface area contributed by atoms with Crippen molar-refractivity contribution in [2.24, 2.45) is 5.73 Å². The van der Waals surface area contributed by atoms with Gasteiger partial charge in [0.05, 0.1) is 3.79 Å². The van der Waals surface area contributed by atoms with E-state index in [0.29, 0.717) is 0 Å². The lowest BCUT2D eigenvalue weighted by atomic mass is 10.3. The van der Waals surface area contributed by atoms with Gasteiger partial charge in [-0.25, -0.2) is 9.59 Å². The van der Waals surface area contributed by atoms with Gasteiger partial charge in [-0.1, -0.05) is 0 Å². The third-order valence-corrected chi connectivity index (χ3v) is 3.48. The lowest BCUT2D eigenvalue weighted by molar-refractivity contribution is -0.149. The van der Waals surface area contributed by atoms with Crippen LogP contribution in [0.25, 0.3) is 6.08 Å². The van der Waals surface area contributed by atoms with Crippen molar-refractivity contribution in [2.75, 3.05) is 0 Å².